The molecule has 1 aromatic heterocycles. The Hall–Kier alpha value is -0.810. The average molecular weight is 271 g/mol. The van der Waals surface area contributed by atoms with Crippen LogP contribution >= 0.6 is 0 Å². The molecule has 2 rings (SSSR count). The van der Waals surface area contributed by atoms with E-state index >= 15 is 0 Å². The number of hydrogen-bond acceptors (Lipinski definition) is 3. The number of fused-ring (bicyclic) bond motifs is 1. The number of nitrogens with zero attached hydrogens (tertiary/aromatic N) is 1. The predicted octanol–water partition coefficient (Wildman–Crippen LogP) is 1.68. The number of aliphatic hydroxyl groups excluding tert-OH is 1. The maximum Gasteiger partial charge on any atom is 0.151 e. The highest BCUT2D eigenvalue weighted by molar-refractivity contribution is 7.91. The molecular weight excluding hydrogens is 250 g/mol. The molecule has 1 heterocycles. The van der Waals surface area contributed by atoms with E-state index in [1.807, 2.05) is 17.0 Å². The van der Waals surface area contributed by atoms with Gasteiger partial charge in [0, 0.05) is 30.3 Å². The third-order valence-electron chi connectivity index (χ3n) is 3.63. The molecule has 1 aromatic rings. The molecule has 4 nitrogen and oxygen atoms in total. The van der Waals surface area contributed by atoms with Crippen molar-refractivity contribution in [1.82, 2.24) is 4.57 Å². The van der Waals surface area contributed by atoms with Crippen LogP contribution in [-0.4, -0.2) is 29.6 Å². The fraction of sp³-hybridized carbons (Fsp3) is 0.692. The van der Waals surface area contributed by atoms with Gasteiger partial charge in [0.05, 0.1) is 11.9 Å². The second-order valence-electron chi connectivity index (χ2n) is 4.97. The van der Waals surface area contributed by atoms with Crippen LogP contribution in [0.3, 0.4) is 0 Å². The highest BCUT2D eigenvalue weighted by Crippen LogP contribution is 2.29. The monoisotopic (exact) mass is 271 g/mol. The average Bonchev–Trinajstić information content (AvgIpc) is 2.68. The Balaban J connectivity index is 2.10. The number of aryl methyl sites for hydroxylation is 2. The Bertz CT molecular complexity index is 504. The van der Waals surface area contributed by atoms with Crippen LogP contribution in [0.5, 0.6) is 0 Å². The Labute approximate surface area is 109 Å². The Morgan fingerprint density at radius 1 is 1.39 bits per heavy atom. The van der Waals surface area contributed by atoms with Gasteiger partial charge in [-0.3, -0.25) is 0 Å². The minimum atomic E-state index is -2.92. The van der Waals surface area contributed by atoms with Crippen molar-refractivity contribution >= 4 is 9.84 Å². The van der Waals surface area contributed by atoms with Gasteiger partial charge in [0.15, 0.2) is 9.84 Å². The van der Waals surface area contributed by atoms with Gasteiger partial charge in [-0.25, -0.2) is 8.42 Å². The number of aliphatic hydroxyl groups is 1. The molecule has 0 saturated heterocycles. The fourth-order valence-electron chi connectivity index (χ4n) is 2.41. The molecule has 0 fully saturated rings. The summed E-state index contributed by atoms with van der Waals surface area (Å²) in [4.78, 5) is 0. The summed E-state index contributed by atoms with van der Waals surface area (Å²) >= 11 is 0. The van der Waals surface area contributed by atoms with Crippen LogP contribution in [0.4, 0.5) is 0 Å². The molecule has 18 heavy (non-hydrogen) atoms. The van der Waals surface area contributed by atoms with Gasteiger partial charge in [0.25, 0.3) is 0 Å². The zero-order valence-corrected chi connectivity index (χ0v) is 11.6. The van der Waals surface area contributed by atoms with Gasteiger partial charge < -0.3 is 9.67 Å². The lowest BCUT2D eigenvalue weighted by molar-refractivity contribution is 0.166. The lowest BCUT2D eigenvalue weighted by Gasteiger charge is -2.06. The summed E-state index contributed by atoms with van der Waals surface area (Å²) in [5, 5.41) is 10.00. The maximum absolute atomic E-state index is 11.5. The topological polar surface area (TPSA) is 59.3 Å². The van der Waals surface area contributed by atoms with Crippen LogP contribution in [0, 0.1) is 0 Å². The first-order valence-corrected chi connectivity index (χ1v) is 8.41. The fourth-order valence-corrected chi connectivity index (χ4v) is 3.19. The molecule has 1 unspecified atom stereocenters. The molecule has 5 heteroatoms. The van der Waals surface area contributed by atoms with E-state index in [4.69, 9.17) is 0 Å². The normalized spacial score (nSPS) is 20.4. The molecule has 0 spiro atoms. The Morgan fingerprint density at radius 2 is 2.17 bits per heavy atom. The van der Waals surface area contributed by atoms with Crippen LogP contribution in [0.25, 0.3) is 0 Å². The lowest BCUT2D eigenvalue weighted by atomic mass is 10.1. The Kier molecular flexibility index (Phi) is 4.12. The molecular formula is C13H21NO3S. The second kappa shape index (κ2) is 5.45. The molecule has 0 saturated carbocycles. The van der Waals surface area contributed by atoms with E-state index < -0.39 is 9.84 Å². The number of sulfone groups is 1. The largest absolute Gasteiger partial charge is 0.388 e. The summed E-state index contributed by atoms with van der Waals surface area (Å²) in [5.41, 5.74) is 2.16. The van der Waals surface area contributed by atoms with Gasteiger partial charge in [-0.05, 0) is 24.8 Å². The van der Waals surface area contributed by atoms with Crippen molar-refractivity contribution in [3.05, 3.63) is 23.5 Å². The van der Waals surface area contributed by atoms with Crippen molar-refractivity contribution in [1.29, 1.82) is 0 Å². The van der Waals surface area contributed by atoms with Crippen molar-refractivity contribution in [2.45, 2.75) is 45.3 Å². The van der Waals surface area contributed by atoms with E-state index in [-0.39, 0.29) is 17.6 Å². The van der Waals surface area contributed by atoms with Gasteiger partial charge in [-0.2, -0.15) is 0 Å². The minimum absolute atomic E-state index is 0.174. The van der Waals surface area contributed by atoms with Gasteiger partial charge in [0.1, 0.15) is 0 Å². The number of aromatic nitrogens is 1. The zero-order valence-electron chi connectivity index (χ0n) is 10.8. The first kappa shape index (κ1) is 13.6. The van der Waals surface area contributed by atoms with E-state index in [1.165, 1.54) is 5.56 Å². The van der Waals surface area contributed by atoms with E-state index in [0.717, 1.165) is 31.2 Å². The van der Waals surface area contributed by atoms with Crippen LogP contribution < -0.4 is 0 Å². The van der Waals surface area contributed by atoms with Crippen LogP contribution in [0.1, 0.15) is 43.4 Å². The molecule has 0 bridgehead atoms. The second-order valence-corrected chi connectivity index (χ2v) is 7.45. The summed E-state index contributed by atoms with van der Waals surface area (Å²) < 4.78 is 24.9. The zero-order chi connectivity index (χ0) is 13.2. The molecule has 0 radical (unpaired) electrons. The summed E-state index contributed by atoms with van der Waals surface area (Å²) in [5.74, 6) is 0.365. The van der Waals surface area contributed by atoms with Gasteiger partial charge in [-0.15, -0.1) is 0 Å². The highest BCUT2D eigenvalue weighted by atomic mass is 32.2. The van der Waals surface area contributed by atoms with Crippen molar-refractivity contribution in [3.8, 4) is 0 Å². The van der Waals surface area contributed by atoms with Crippen molar-refractivity contribution in [3.63, 3.8) is 0 Å². The standard InChI is InChI=1S/C13H21NO3S/c1-2-18(16,17)8-7-14-9-11-5-3-4-6-13(15)12(11)10-14/h9-10,13,15H,2-8H2,1H3. The van der Waals surface area contributed by atoms with E-state index in [0.29, 0.717) is 6.54 Å². The van der Waals surface area contributed by atoms with Crippen molar-refractivity contribution < 1.29 is 13.5 Å². The van der Waals surface area contributed by atoms with Crippen LogP contribution in [0.15, 0.2) is 12.4 Å². The molecule has 0 aliphatic heterocycles. The first-order valence-electron chi connectivity index (χ1n) is 6.59. The quantitative estimate of drug-likeness (QED) is 0.848. The third kappa shape index (κ3) is 3.14. The molecule has 0 amide bonds. The smallest absolute Gasteiger partial charge is 0.151 e. The molecule has 0 aromatic carbocycles. The van der Waals surface area contributed by atoms with Crippen LogP contribution in [-0.2, 0) is 22.8 Å². The van der Waals surface area contributed by atoms with Gasteiger partial charge >= 0.3 is 0 Å². The van der Waals surface area contributed by atoms with E-state index in [1.54, 1.807) is 6.92 Å². The van der Waals surface area contributed by atoms with Crippen molar-refractivity contribution in [2.24, 2.45) is 0 Å². The third-order valence-corrected chi connectivity index (χ3v) is 5.31. The highest BCUT2D eigenvalue weighted by Gasteiger charge is 2.18. The molecule has 1 aliphatic carbocycles. The summed E-state index contributed by atoms with van der Waals surface area (Å²) in [6, 6.07) is 0. The lowest BCUT2D eigenvalue weighted by Crippen LogP contribution is -2.13. The molecule has 102 valence electrons. The summed E-state index contributed by atoms with van der Waals surface area (Å²) in [6.07, 6.45) is 7.48. The first-order chi connectivity index (χ1) is 8.52. The molecule has 1 atom stereocenters. The van der Waals surface area contributed by atoms with Crippen LogP contribution in [0.2, 0.25) is 0 Å². The molecule has 1 aliphatic rings. The number of rotatable bonds is 4. The maximum atomic E-state index is 11.5. The summed E-state index contributed by atoms with van der Waals surface area (Å²) in [6.45, 7) is 2.15. The minimum Gasteiger partial charge on any atom is -0.388 e. The van der Waals surface area contributed by atoms with Crippen molar-refractivity contribution in [2.75, 3.05) is 11.5 Å². The number of hydrogen-bond donors (Lipinski definition) is 1. The van der Waals surface area contributed by atoms with Gasteiger partial charge in [-0.1, -0.05) is 13.3 Å². The Morgan fingerprint density at radius 3 is 2.89 bits per heavy atom. The SMILES string of the molecule is CCS(=O)(=O)CCn1cc2c(c1)C(O)CCCC2. The predicted molar refractivity (Wildman–Crippen MR) is 71.3 cm³/mol. The van der Waals surface area contributed by atoms with E-state index in [9.17, 15) is 13.5 Å². The summed E-state index contributed by atoms with van der Waals surface area (Å²) in [7, 11) is -2.92. The van der Waals surface area contributed by atoms with Gasteiger partial charge in [0.2, 0.25) is 0 Å². The molecule has 1 N–H and O–H groups in total. The van der Waals surface area contributed by atoms with E-state index in [2.05, 4.69) is 0 Å².